The van der Waals surface area contributed by atoms with Crippen LogP contribution in [-0.4, -0.2) is 74.3 Å². The van der Waals surface area contributed by atoms with Crippen molar-refractivity contribution in [3.63, 3.8) is 0 Å². The van der Waals surface area contributed by atoms with Crippen LogP contribution in [0, 0.1) is 5.92 Å². The summed E-state index contributed by atoms with van der Waals surface area (Å²) in [5, 5.41) is 3.61. The highest BCUT2D eigenvalue weighted by Gasteiger charge is 2.27. The van der Waals surface area contributed by atoms with Crippen molar-refractivity contribution in [1.29, 1.82) is 0 Å². The monoisotopic (exact) mass is 486 g/mol. The summed E-state index contributed by atoms with van der Waals surface area (Å²) in [4.78, 5) is 9.49. The minimum Gasteiger partial charge on any atom is -0.379 e. The van der Waals surface area contributed by atoms with Crippen LogP contribution in [-0.2, 0) is 11.2 Å². The highest BCUT2D eigenvalue weighted by atomic mass is 127. The predicted molar refractivity (Wildman–Crippen MR) is 123 cm³/mol. The summed E-state index contributed by atoms with van der Waals surface area (Å²) >= 11 is 0. The average Bonchev–Trinajstić information content (AvgIpc) is 3.11. The van der Waals surface area contributed by atoms with E-state index in [1.807, 2.05) is 7.05 Å². The predicted octanol–water partition coefficient (Wildman–Crippen LogP) is 2.85. The van der Waals surface area contributed by atoms with Crippen molar-refractivity contribution in [2.45, 2.75) is 38.8 Å². The molecule has 0 aliphatic carbocycles. The van der Waals surface area contributed by atoms with Crippen molar-refractivity contribution in [2.75, 3.05) is 46.4 Å². The molecule has 152 valence electrons. The van der Waals surface area contributed by atoms with Crippen LogP contribution in [0.5, 0.6) is 0 Å². The molecule has 0 radical (unpaired) electrons. The molecule has 2 fully saturated rings. The summed E-state index contributed by atoms with van der Waals surface area (Å²) in [5.74, 6) is 1.76. The molecular formula is C21H35IN4O. The standard InChI is InChI=1S/C21H34N4O.HI/c1-17(25-11-12-26-16-18(25)2)14-23-21(22-3)24-10-9-20(15-24)13-19-7-5-4-6-8-19;/h4-8,17-18,20H,9-16H2,1-3H3,(H,22,23);1H. The van der Waals surface area contributed by atoms with Crippen molar-refractivity contribution in [3.8, 4) is 0 Å². The van der Waals surface area contributed by atoms with E-state index in [1.165, 1.54) is 12.0 Å². The number of guanidine groups is 1. The van der Waals surface area contributed by atoms with E-state index in [1.54, 1.807) is 0 Å². The zero-order chi connectivity index (χ0) is 18.4. The topological polar surface area (TPSA) is 40.1 Å². The molecule has 6 heteroatoms. The molecule has 0 bridgehead atoms. The largest absolute Gasteiger partial charge is 0.379 e. The second kappa shape index (κ2) is 11.2. The first-order valence-corrected chi connectivity index (χ1v) is 10.0. The van der Waals surface area contributed by atoms with E-state index >= 15 is 0 Å². The first kappa shape index (κ1) is 22.4. The molecular weight excluding hydrogens is 451 g/mol. The lowest BCUT2D eigenvalue weighted by Gasteiger charge is -2.38. The molecule has 5 nitrogen and oxygen atoms in total. The number of nitrogens with zero attached hydrogens (tertiary/aromatic N) is 3. The summed E-state index contributed by atoms with van der Waals surface area (Å²) in [5.41, 5.74) is 1.44. The maximum absolute atomic E-state index is 5.56. The third-order valence-corrected chi connectivity index (χ3v) is 5.71. The summed E-state index contributed by atoms with van der Waals surface area (Å²) < 4.78 is 5.56. The van der Waals surface area contributed by atoms with Crippen LogP contribution in [0.3, 0.4) is 0 Å². The Hall–Kier alpha value is -0.860. The zero-order valence-corrected chi connectivity index (χ0v) is 19.3. The lowest BCUT2D eigenvalue weighted by Crippen LogP contribution is -2.53. The Bertz CT molecular complexity index is 583. The third-order valence-electron chi connectivity index (χ3n) is 5.71. The van der Waals surface area contributed by atoms with E-state index in [0.29, 0.717) is 18.0 Å². The molecule has 3 atom stereocenters. The van der Waals surface area contributed by atoms with E-state index in [2.05, 4.69) is 64.3 Å². The Labute approximate surface area is 181 Å². The Morgan fingerprint density at radius 2 is 2.07 bits per heavy atom. The smallest absolute Gasteiger partial charge is 0.193 e. The van der Waals surface area contributed by atoms with E-state index < -0.39 is 0 Å². The molecule has 2 heterocycles. The van der Waals surface area contributed by atoms with Crippen LogP contribution < -0.4 is 5.32 Å². The summed E-state index contributed by atoms with van der Waals surface area (Å²) in [6.07, 6.45) is 2.40. The van der Waals surface area contributed by atoms with Gasteiger partial charge >= 0.3 is 0 Å². The highest BCUT2D eigenvalue weighted by molar-refractivity contribution is 14.0. The maximum atomic E-state index is 5.56. The van der Waals surface area contributed by atoms with Crippen LogP contribution in [0.1, 0.15) is 25.8 Å². The SMILES string of the molecule is CN=C(NCC(C)N1CCOCC1C)N1CCC(Cc2ccccc2)C1.I. The summed E-state index contributed by atoms with van der Waals surface area (Å²) in [6.45, 7) is 10.4. The number of ether oxygens (including phenoxy) is 1. The molecule has 2 aliphatic rings. The highest BCUT2D eigenvalue weighted by Crippen LogP contribution is 2.21. The molecule has 0 saturated carbocycles. The molecule has 0 aromatic heterocycles. The molecule has 3 rings (SSSR count). The number of likely N-dealkylation sites (tertiary alicyclic amines) is 1. The van der Waals surface area contributed by atoms with Crippen molar-refractivity contribution in [2.24, 2.45) is 10.9 Å². The number of hydrogen-bond acceptors (Lipinski definition) is 3. The second-order valence-electron chi connectivity index (χ2n) is 7.73. The minimum atomic E-state index is 0. The van der Waals surface area contributed by atoms with Gasteiger partial charge in [-0.25, -0.2) is 0 Å². The number of nitrogens with one attached hydrogen (secondary N) is 1. The van der Waals surface area contributed by atoms with E-state index in [4.69, 9.17) is 4.74 Å². The molecule has 1 aromatic rings. The number of rotatable bonds is 5. The van der Waals surface area contributed by atoms with Gasteiger partial charge in [-0.05, 0) is 38.2 Å². The van der Waals surface area contributed by atoms with E-state index in [0.717, 1.165) is 51.8 Å². The molecule has 0 spiro atoms. The summed E-state index contributed by atoms with van der Waals surface area (Å²) in [7, 11) is 1.90. The molecule has 27 heavy (non-hydrogen) atoms. The maximum Gasteiger partial charge on any atom is 0.193 e. The first-order valence-electron chi connectivity index (χ1n) is 10.0. The Kier molecular flexibility index (Phi) is 9.32. The van der Waals surface area contributed by atoms with Crippen LogP contribution in [0.15, 0.2) is 35.3 Å². The first-order chi connectivity index (χ1) is 12.7. The lowest BCUT2D eigenvalue weighted by atomic mass is 9.99. The van der Waals surface area contributed by atoms with Crippen LogP contribution in [0.2, 0.25) is 0 Å². The van der Waals surface area contributed by atoms with Crippen molar-refractivity contribution < 1.29 is 4.74 Å². The second-order valence-corrected chi connectivity index (χ2v) is 7.73. The van der Waals surface area contributed by atoms with Gasteiger partial charge < -0.3 is 15.0 Å². The van der Waals surface area contributed by atoms with Gasteiger partial charge in [-0.15, -0.1) is 24.0 Å². The van der Waals surface area contributed by atoms with Crippen molar-refractivity contribution >= 4 is 29.9 Å². The number of morpholine rings is 1. The number of hydrogen-bond donors (Lipinski definition) is 1. The average molecular weight is 486 g/mol. The van der Waals surface area contributed by atoms with Gasteiger partial charge in [0.25, 0.3) is 0 Å². The fourth-order valence-electron chi connectivity index (χ4n) is 4.22. The van der Waals surface area contributed by atoms with Crippen LogP contribution in [0.25, 0.3) is 0 Å². The molecule has 1 aromatic carbocycles. The van der Waals surface area contributed by atoms with Gasteiger partial charge in [0.05, 0.1) is 13.2 Å². The van der Waals surface area contributed by atoms with E-state index in [9.17, 15) is 0 Å². The zero-order valence-electron chi connectivity index (χ0n) is 16.9. The van der Waals surface area contributed by atoms with Crippen LogP contribution in [0.4, 0.5) is 0 Å². The van der Waals surface area contributed by atoms with E-state index in [-0.39, 0.29) is 24.0 Å². The van der Waals surface area contributed by atoms with Gasteiger partial charge in [0.2, 0.25) is 0 Å². The molecule has 2 saturated heterocycles. The van der Waals surface area contributed by atoms with Gasteiger partial charge in [-0.2, -0.15) is 0 Å². The number of aliphatic imine (C=N–C) groups is 1. The number of halogens is 1. The fourth-order valence-corrected chi connectivity index (χ4v) is 4.22. The molecule has 0 amide bonds. The normalized spacial score (nSPS) is 25.1. The Morgan fingerprint density at radius 3 is 2.78 bits per heavy atom. The van der Waals surface area contributed by atoms with Gasteiger partial charge in [0.15, 0.2) is 5.96 Å². The fraction of sp³-hybridized carbons (Fsp3) is 0.667. The van der Waals surface area contributed by atoms with Crippen LogP contribution >= 0.6 is 24.0 Å². The van der Waals surface area contributed by atoms with Gasteiger partial charge in [-0.1, -0.05) is 30.3 Å². The summed E-state index contributed by atoms with van der Waals surface area (Å²) in [6, 6.07) is 11.8. The van der Waals surface area contributed by atoms with Crippen molar-refractivity contribution in [3.05, 3.63) is 35.9 Å². The van der Waals surface area contributed by atoms with Gasteiger partial charge in [0, 0.05) is 45.3 Å². The lowest BCUT2D eigenvalue weighted by molar-refractivity contribution is -0.0174. The number of benzene rings is 1. The van der Waals surface area contributed by atoms with Gasteiger partial charge in [-0.3, -0.25) is 9.89 Å². The van der Waals surface area contributed by atoms with Gasteiger partial charge in [0.1, 0.15) is 0 Å². The molecule has 2 aliphatic heterocycles. The minimum absolute atomic E-state index is 0. The Balaban J connectivity index is 0.00000261. The molecule has 3 unspecified atom stereocenters. The van der Waals surface area contributed by atoms with Crippen molar-refractivity contribution in [1.82, 2.24) is 15.1 Å². The Morgan fingerprint density at radius 1 is 1.30 bits per heavy atom. The third kappa shape index (κ3) is 6.32. The molecule has 1 N–H and O–H groups in total. The quantitative estimate of drug-likeness (QED) is 0.395.